The molecule has 4 aromatic carbocycles. The average Bonchev–Trinajstić information content (AvgIpc) is 3.34. The van der Waals surface area contributed by atoms with Crippen molar-refractivity contribution in [2.75, 3.05) is 0 Å². The van der Waals surface area contributed by atoms with Gasteiger partial charge in [-0.05, 0) is 22.9 Å². The van der Waals surface area contributed by atoms with Crippen LogP contribution in [0.4, 0.5) is 0 Å². The lowest BCUT2D eigenvalue weighted by Gasteiger charge is -2.11. The molecule has 30 heavy (non-hydrogen) atoms. The summed E-state index contributed by atoms with van der Waals surface area (Å²) >= 11 is 1.79. The van der Waals surface area contributed by atoms with Crippen LogP contribution in [0.25, 0.3) is 64.1 Å². The minimum absolute atomic E-state index is 1.07. The minimum atomic E-state index is 1.07. The van der Waals surface area contributed by atoms with Crippen LogP contribution in [0.15, 0.2) is 91.0 Å². The fraction of sp³-hybridized carbons (Fsp3) is 0. The summed E-state index contributed by atoms with van der Waals surface area (Å²) in [5.41, 5.74) is 4.63. The predicted octanol–water partition coefficient (Wildman–Crippen LogP) is 7.90. The standard InChI is InChI=1S/C27H16N2S/c1-2-10-17-16(8-1)9-7-13-18(17)25-26-23(19-11-3-5-14-21(19)28-25)24-20-12-4-6-15-22(20)29-27(24)30-26/h1-15,28H. The first-order valence-corrected chi connectivity index (χ1v) is 10.9. The molecular weight excluding hydrogens is 384 g/mol. The van der Waals surface area contributed by atoms with Crippen LogP contribution in [0.2, 0.25) is 0 Å². The predicted molar refractivity (Wildman–Crippen MR) is 129 cm³/mol. The zero-order valence-corrected chi connectivity index (χ0v) is 16.8. The van der Waals surface area contributed by atoms with Gasteiger partial charge in [-0.2, -0.15) is 0 Å². The number of rotatable bonds is 1. The molecule has 1 N–H and O–H groups in total. The molecule has 140 valence electrons. The number of thiophene rings is 1. The lowest BCUT2D eigenvalue weighted by molar-refractivity contribution is 1.45. The first-order chi connectivity index (χ1) is 14.9. The Kier molecular flexibility index (Phi) is 3.18. The summed E-state index contributed by atoms with van der Waals surface area (Å²) in [6.45, 7) is 0. The highest BCUT2D eigenvalue weighted by atomic mass is 32.1. The number of aromatic amines is 1. The SMILES string of the molecule is c1ccc2c(-c3[nH]c4ccccc4c4c3sc3nc5ccccc5c34)cccc2c1. The summed E-state index contributed by atoms with van der Waals surface area (Å²) in [6, 6.07) is 32.2. The number of H-pyrrole nitrogens is 1. The highest BCUT2D eigenvalue weighted by Crippen LogP contribution is 2.46. The van der Waals surface area contributed by atoms with E-state index in [1.807, 2.05) is 0 Å². The molecule has 0 fully saturated rings. The van der Waals surface area contributed by atoms with Gasteiger partial charge < -0.3 is 4.98 Å². The maximum absolute atomic E-state index is 4.96. The molecule has 0 aliphatic heterocycles. The van der Waals surface area contributed by atoms with Crippen molar-refractivity contribution in [1.29, 1.82) is 0 Å². The molecule has 0 bridgehead atoms. The second-order valence-electron chi connectivity index (χ2n) is 7.69. The van der Waals surface area contributed by atoms with Crippen LogP contribution in [0.1, 0.15) is 0 Å². The van der Waals surface area contributed by atoms with Gasteiger partial charge in [-0.25, -0.2) is 4.98 Å². The van der Waals surface area contributed by atoms with E-state index in [4.69, 9.17) is 4.98 Å². The maximum Gasteiger partial charge on any atom is 0.125 e. The van der Waals surface area contributed by atoms with Crippen LogP contribution in [-0.4, -0.2) is 9.97 Å². The second-order valence-corrected chi connectivity index (χ2v) is 8.69. The van der Waals surface area contributed by atoms with Crippen LogP contribution >= 0.6 is 11.3 Å². The summed E-state index contributed by atoms with van der Waals surface area (Å²) in [4.78, 5) is 9.83. The summed E-state index contributed by atoms with van der Waals surface area (Å²) in [7, 11) is 0. The van der Waals surface area contributed by atoms with Gasteiger partial charge in [0.25, 0.3) is 0 Å². The van der Waals surface area contributed by atoms with Gasteiger partial charge in [0.1, 0.15) is 4.83 Å². The van der Waals surface area contributed by atoms with Crippen molar-refractivity contribution in [2.45, 2.75) is 0 Å². The third-order valence-electron chi connectivity index (χ3n) is 6.03. The number of para-hydroxylation sites is 2. The van der Waals surface area contributed by atoms with Crippen LogP contribution < -0.4 is 0 Å². The van der Waals surface area contributed by atoms with Crippen LogP contribution in [0.5, 0.6) is 0 Å². The third kappa shape index (κ3) is 2.10. The monoisotopic (exact) mass is 400 g/mol. The summed E-state index contributed by atoms with van der Waals surface area (Å²) in [6.07, 6.45) is 0. The van der Waals surface area contributed by atoms with Crippen LogP contribution in [-0.2, 0) is 0 Å². The van der Waals surface area contributed by atoms with E-state index in [0.717, 1.165) is 15.9 Å². The fourth-order valence-corrected chi connectivity index (χ4v) is 5.94. The van der Waals surface area contributed by atoms with E-state index < -0.39 is 0 Å². The highest BCUT2D eigenvalue weighted by molar-refractivity contribution is 7.26. The van der Waals surface area contributed by atoms with E-state index in [-0.39, 0.29) is 0 Å². The van der Waals surface area contributed by atoms with Gasteiger partial charge in [0.2, 0.25) is 0 Å². The Bertz CT molecular complexity index is 1750. The summed E-state index contributed by atoms with van der Waals surface area (Å²) in [5.74, 6) is 0. The number of nitrogens with zero attached hydrogens (tertiary/aromatic N) is 1. The molecule has 0 amide bonds. The Morgan fingerprint density at radius 3 is 2.30 bits per heavy atom. The van der Waals surface area contributed by atoms with E-state index in [0.29, 0.717) is 0 Å². The molecule has 0 aliphatic carbocycles. The zero-order chi connectivity index (χ0) is 19.7. The van der Waals surface area contributed by atoms with E-state index in [1.54, 1.807) is 11.3 Å². The Labute approximate surface area is 176 Å². The van der Waals surface area contributed by atoms with Gasteiger partial charge in [0.05, 0.1) is 15.9 Å². The first kappa shape index (κ1) is 16.1. The first-order valence-electron chi connectivity index (χ1n) is 10.1. The van der Waals surface area contributed by atoms with Crippen molar-refractivity contribution in [1.82, 2.24) is 9.97 Å². The van der Waals surface area contributed by atoms with Gasteiger partial charge >= 0.3 is 0 Å². The molecule has 3 heterocycles. The number of benzene rings is 4. The van der Waals surface area contributed by atoms with Gasteiger partial charge in [0, 0.05) is 32.6 Å². The summed E-state index contributed by atoms with van der Waals surface area (Å²) < 4.78 is 1.27. The number of aromatic nitrogens is 2. The number of hydrogen-bond donors (Lipinski definition) is 1. The number of fused-ring (bicyclic) bond motifs is 8. The molecular formula is C27H16N2S. The molecule has 7 aromatic rings. The largest absolute Gasteiger partial charge is 0.353 e. The quantitative estimate of drug-likeness (QED) is 0.298. The highest BCUT2D eigenvalue weighted by Gasteiger charge is 2.19. The molecule has 3 aromatic heterocycles. The van der Waals surface area contributed by atoms with Gasteiger partial charge in [-0.3, -0.25) is 0 Å². The number of pyridine rings is 1. The molecule has 0 atom stereocenters. The Morgan fingerprint density at radius 2 is 1.37 bits per heavy atom. The van der Waals surface area contributed by atoms with E-state index in [9.17, 15) is 0 Å². The van der Waals surface area contributed by atoms with Crippen molar-refractivity contribution < 1.29 is 0 Å². The molecule has 7 rings (SSSR count). The zero-order valence-electron chi connectivity index (χ0n) is 16.0. The Balaban J connectivity index is 1.74. The molecule has 0 aliphatic rings. The molecule has 0 spiro atoms. The van der Waals surface area contributed by atoms with Crippen molar-refractivity contribution in [3.8, 4) is 11.3 Å². The van der Waals surface area contributed by atoms with E-state index in [1.165, 1.54) is 48.3 Å². The number of hydrogen-bond acceptors (Lipinski definition) is 2. The van der Waals surface area contributed by atoms with Crippen LogP contribution in [0, 0.1) is 0 Å². The molecule has 0 radical (unpaired) electrons. The van der Waals surface area contributed by atoms with Crippen molar-refractivity contribution in [3.63, 3.8) is 0 Å². The van der Waals surface area contributed by atoms with Gasteiger partial charge in [0.15, 0.2) is 0 Å². The Morgan fingerprint density at radius 1 is 0.633 bits per heavy atom. The van der Waals surface area contributed by atoms with E-state index >= 15 is 0 Å². The molecule has 0 saturated carbocycles. The normalized spacial score (nSPS) is 12.0. The molecule has 2 nitrogen and oxygen atoms in total. The number of nitrogens with one attached hydrogen (secondary N) is 1. The van der Waals surface area contributed by atoms with Crippen molar-refractivity contribution in [2.24, 2.45) is 0 Å². The lowest BCUT2D eigenvalue weighted by Crippen LogP contribution is -1.88. The molecule has 3 heteroatoms. The van der Waals surface area contributed by atoms with E-state index in [2.05, 4.69) is 96.0 Å². The minimum Gasteiger partial charge on any atom is -0.353 e. The topological polar surface area (TPSA) is 28.7 Å². The van der Waals surface area contributed by atoms with Crippen LogP contribution in [0.3, 0.4) is 0 Å². The third-order valence-corrected chi connectivity index (χ3v) is 7.13. The average molecular weight is 401 g/mol. The fourth-order valence-electron chi connectivity index (χ4n) is 4.71. The Hall–Kier alpha value is -3.69. The smallest absolute Gasteiger partial charge is 0.125 e. The van der Waals surface area contributed by atoms with Crippen molar-refractivity contribution >= 4 is 64.2 Å². The molecule has 0 saturated heterocycles. The maximum atomic E-state index is 4.96. The second kappa shape index (κ2) is 5.91. The molecule has 0 unspecified atom stereocenters. The van der Waals surface area contributed by atoms with Gasteiger partial charge in [-0.15, -0.1) is 11.3 Å². The lowest BCUT2D eigenvalue weighted by atomic mass is 9.99. The van der Waals surface area contributed by atoms with Crippen molar-refractivity contribution in [3.05, 3.63) is 91.0 Å². The van der Waals surface area contributed by atoms with Gasteiger partial charge in [-0.1, -0.05) is 78.9 Å². The summed E-state index contributed by atoms with van der Waals surface area (Å²) in [5, 5.41) is 7.58.